The number of hydrogen-bond acceptors (Lipinski definition) is 4. The lowest BCUT2D eigenvalue weighted by Crippen LogP contribution is -2.42. The standard InChI is InChI=1S/C22H32N4OS/c1-4-19-14-24-20(28-19)15-26-22(23-5-2)25-13-18-7-6-12-27-21(18)17-10-8-16(3)9-11-17/h8-11,14,18,21H,4-7,12-13,15H2,1-3H3,(H2,23,25,26). The zero-order valence-electron chi connectivity index (χ0n) is 17.2. The minimum absolute atomic E-state index is 0.149. The molecule has 2 N–H and O–H groups in total. The Morgan fingerprint density at radius 3 is 2.79 bits per heavy atom. The van der Waals surface area contributed by atoms with Crippen LogP contribution in [-0.4, -0.2) is 30.6 Å². The molecule has 0 radical (unpaired) electrons. The number of nitrogens with zero attached hydrogens (tertiary/aromatic N) is 2. The van der Waals surface area contributed by atoms with Crippen molar-refractivity contribution >= 4 is 17.3 Å². The van der Waals surface area contributed by atoms with Crippen molar-refractivity contribution in [2.75, 3.05) is 19.7 Å². The predicted octanol–water partition coefficient (Wildman–Crippen LogP) is 4.24. The second kappa shape index (κ2) is 10.6. The summed E-state index contributed by atoms with van der Waals surface area (Å²) in [5, 5.41) is 7.94. The van der Waals surface area contributed by atoms with Gasteiger partial charge in [-0.25, -0.2) is 9.98 Å². The van der Waals surface area contributed by atoms with E-state index in [0.717, 1.165) is 49.9 Å². The van der Waals surface area contributed by atoms with Crippen LogP contribution >= 0.6 is 11.3 Å². The highest BCUT2D eigenvalue weighted by Gasteiger charge is 2.27. The van der Waals surface area contributed by atoms with Crippen LogP contribution in [0.4, 0.5) is 0 Å². The van der Waals surface area contributed by atoms with Gasteiger partial charge in [-0.05, 0) is 38.7 Å². The highest BCUT2D eigenvalue weighted by atomic mass is 32.1. The topological polar surface area (TPSA) is 58.5 Å². The van der Waals surface area contributed by atoms with Crippen LogP contribution in [0, 0.1) is 12.8 Å². The molecule has 5 nitrogen and oxygen atoms in total. The normalized spacial score (nSPS) is 20.2. The molecule has 0 spiro atoms. The van der Waals surface area contributed by atoms with Crippen LogP contribution in [0.25, 0.3) is 0 Å². The zero-order chi connectivity index (χ0) is 19.8. The van der Waals surface area contributed by atoms with Crippen LogP contribution in [0.3, 0.4) is 0 Å². The van der Waals surface area contributed by atoms with E-state index in [1.54, 1.807) is 11.3 Å². The number of nitrogens with one attached hydrogen (secondary N) is 2. The van der Waals surface area contributed by atoms with Crippen LogP contribution in [0.15, 0.2) is 35.5 Å². The Kier molecular flexibility index (Phi) is 7.86. The molecule has 0 bridgehead atoms. The van der Waals surface area contributed by atoms with E-state index in [-0.39, 0.29) is 6.10 Å². The van der Waals surface area contributed by atoms with Gasteiger partial charge in [-0.2, -0.15) is 0 Å². The van der Waals surface area contributed by atoms with E-state index < -0.39 is 0 Å². The summed E-state index contributed by atoms with van der Waals surface area (Å²) in [6.07, 6.45) is 5.41. The Morgan fingerprint density at radius 1 is 1.25 bits per heavy atom. The van der Waals surface area contributed by atoms with Crippen molar-refractivity contribution < 1.29 is 4.74 Å². The molecule has 1 aromatic carbocycles. The number of ether oxygens (including phenoxy) is 1. The molecule has 0 aliphatic carbocycles. The van der Waals surface area contributed by atoms with E-state index in [4.69, 9.17) is 9.73 Å². The van der Waals surface area contributed by atoms with Gasteiger partial charge in [0, 0.05) is 36.7 Å². The van der Waals surface area contributed by atoms with Gasteiger partial charge < -0.3 is 15.4 Å². The van der Waals surface area contributed by atoms with E-state index in [1.165, 1.54) is 16.0 Å². The van der Waals surface area contributed by atoms with Crippen LogP contribution in [-0.2, 0) is 17.7 Å². The third kappa shape index (κ3) is 5.79. The third-order valence-electron chi connectivity index (χ3n) is 5.05. The molecular weight excluding hydrogens is 368 g/mol. The Labute approximate surface area is 172 Å². The first kappa shape index (κ1) is 20.8. The maximum absolute atomic E-state index is 6.14. The molecular formula is C22H32N4OS. The molecule has 2 unspecified atom stereocenters. The summed E-state index contributed by atoms with van der Waals surface area (Å²) in [5.41, 5.74) is 2.55. The van der Waals surface area contributed by atoms with Crippen molar-refractivity contribution in [1.82, 2.24) is 15.6 Å². The van der Waals surface area contributed by atoms with Gasteiger partial charge in [0.2, 0.25) is 0 Å². The van der Waals surface area contributed by atoms with Gasteiger partial charge in [0.05, 0.1) is 12.6 Å². The summed E-state index contributed by atoms with van der Waals surface area (Å²) >= 11 is 1.74. The summed E-state index contributed by atoms with van der Waals surface area (Å²) < 4.78 is 6.14. The van der Waals surface area contributed by atoms with Gasteiger partial charge in [0.1, 0.15) is 5.01 Å². The maximum atomic E-state index is 6.14. The predicted molar refractivity (Wildman–Crippen MR) is 117 cm³/mol. The van der Waals surface area contributed by atoms with E-state index in [9.17, 15) is 0 Å². The molecule has 152 valence electrons. The lowest BCUT2D eigenvalue weighted by Gasteiger charge is -2.32. The highest BCUT2D eigenvalue weighted by molar-refractivity contribution is 7.11. The molecule has 1 aliphatic heterocycles. The van der Waals surface area contributed by atoms with Gasteiger partial charge in [0.25, 0.3) is 0 Å². The number of thiazole rings is 1. The molecule has 1 aliphatic rings. The molecule has 1 aromatic heterocycles. The zero-order valence-corrected chi connectivity index (χ0v) is 18.0. The number of hydrogen-bond donors (Lipinski definition) is 2. The Bertz CT molecular complexity index is 756. The lowest BCUT2D eigenvalue weighted by molar-refractivity contribution is -0.0265. The van der Waals surface area contributed by atoms with Crippen LogP contribution < -0.4 is 10.6 Å². The molecule has 2 heterocycles. The number of aromatic nitrogens is 1. The Balaban J connectivity index is 1.61. The van der Waals surface area contributed by atoms with Crippen molar-refractivity contribution in [1.29, 1.82) is 0 Å². The van der Waals surface area contributed by atoms with Crippen molar-refractivity contribution in [2.45, 2.75) is 52.7 Å². The summed E-state index contributed by atoms with van der Waals surface area (Å²) in [6, 6.07) is 8.74. The first-order valence-electron chi connectivity index (χ1n) is 10.3. The van der Waals surface area contributed by atoms with Gasteiger partial charge in [0.15, 0.2) is 5.96 Å². The van der Waals surface area contributed by atoms with Crippen LogP contribution in [0.5, 0.6) is 0 Å². The van der Waals surface area contributed by atoms with Crippen LogP contribution in [0.1, 0.15) is 53.8 Å². The monoisotopic (exact) mass is 400 g/mol. The number of aryl methyl sites for hydroxylation is 2. The smallest absolute Gasteiger partial charge is 0.191 e. The Hall–Kier alpha value is -1.92. The van der Waals surface area contributed by atoms with Gasteiger partial charge in [-0.1, -0.05) is 36.8 Å². The first-order valence-corrected chi connectivity index (χ1v) is 11.1. The number of benzene rings is 1. The van der Waals surface area contributed by atoms with Gasteiger partial charge in [-0.3, -0.25) is 0 Å². The molecule has 0 amide bonds. The first-order chi connectivity index (χ1) is 13.7. The summed E-state index contributed by atoms with van der Waals surface area (Å²) in [7, 11) is 0. The number of rotatable bonds is 7. The van der Waals surface area contributed by atoms with Crippen molar-refractivity contribution in [3.05, 3.63) is 51.5 Å². The molecule has 2 atom stereocenters. The van der Waals surface area contributed by atoms with Gasteiger partial charge in [-0.15, -0.1) is 11.3 Å². The molecule has 28 heavy (non-hydrogen) atoms. The van der Waals surface area contributed by atoms with E-state index in [2.05, 4.69) is 60.7 Å². The lowest BCUT2D eigenvalue weighted by atomic mass is 9.89. The molecule has 1 fully saturated rings. The second-order valence-corrected chi connectivity index (χ2v) is 8.45. The minimum atomic E-state index is 0.149. The molecule has 0 saturated carbocycles. The fourth-order valence-electron chi connectivity index (χ4n) is 3.48. The number of guanidine groups is 1. The summed E-state index contributed by atoms with van der Waals surface area (Å²) in [6.45, 7) is 9.51. The fourth-order valence-corrected chi connectivity index (χ4v) is 4.26. The average Bonchev–Trinajstić information content (AvgIpc) is 3.19. The van der Waals surface area contributed by atoms with Crippen molar-refractivity contribution in [3.8, 4) is 0 Å². The summed E-state index contributed by atoms with van der Waals surface area (Å²) in [5.74, 6) is 1.29. The SMILES string of the molecule is CCNC(=NCc1ncc(CC)s1)NCC1CCCOC1c1ccc(C)cc1. The molecule has 6 heteroatoms. The van der Waals surface area contributed by atoms with E-state index in [1.807, 2.05) is 6.20 Å². The molecule has 1 saturated heterocycles. The summed E-state index contributed by atoms with van der Waals surface area (Å²) in [4.78, 5) is 10.5. The largest absolute Gasteiger partial charge is 0.373 e. The molecule has 2 aromatic rings. The van der Waals surface area contributed by atoms with E-state index in [0.29, 0.717) is 12.5 Å². The average molecular weight is 401 g/mol. The number of aliphatic imine (C=N–C) groups is 1. The second-order valence-electron chi connectivity index (χ2n) is 7.25. The van der Waals surface area contributed by atoms with E-state index >= 15 is 0 Å². The van der Waals surface area contributed by atoms with Crippen LogP contribution in [0.2, 0.25) is 0 Å². The van der Waals surface area contributed by atoms with Crippen molar-refractivity contribution in [3.63, 3.8) is 0 Å². The van der Waals surface area contributed by atoms with Crippen molar-refractivity contribution in [2.24, 2.45) is 10.9 Å². The fraction of sp³-hybridized carbons (Fsp3) is 0.545. The van der Waals surface area contributed by atoms with Gasteiger partial charge >= 0.3 is 0 Å². The third-order valence-corrected chi connectivity index (χ3v) is 6.18. The maximum Gasteiger partial charge on any atom is 0.191 e. The highest BCUT2D eigenvalue weighted by Crippen LogP contribution is 2.33. The Morgan fingerprint density at radius 2 is 2.07 bits per heavy atom. The molecule has 3 rings (SSSR count). The minimum Gasteiger partial charge on any atom is -0.373 e. The quantitative estimate of drug-likeness (QED) is 0.539.